The van der Waals surface area contributed by atoms with E-state index in [4.69, 9.17) is 4.74 Å². The van der Waals surface area contributed by atoms with Gasteiger partial charge in [-0.25, -0.2) is 0 Å². The second kappa shape index (κ2) is 7.45. The first kappa shape index (κ1) is 15.1. The number of methoxy groups -OCH3 is 1. The van der Waals surface area contributed by atoms with Crippen molar-refractivity contribution < 1.29 is 14.8 Å². The van der Waals surface area contributed by atoms with Gasteiger partial charge in [0.1, 0.15) is 11.8 Å². The number of benzene rings is 2. The molecule has 21 heavy (non-hydrogen) atoms. The highest BCUT2D eigenvalue weighted by Crippen LogP contribution is 2.14. The van der Waals surface area contributed by atoms with Gasteiger partial charge in [-0.1, -0.05) is 30.3 Å². The number of amides is 1. The smallest absolute Gasteiger partial charge is 0.279 e. The molecule has 2 aromatic rings. The van der Waals surface area contributed by atoms with Crippen molar-refractivity contribution in [2.75, 3.05) is 19.0 Å². The summed E-state index contributed by atoms with van der Waals surface area (Å²) in [5.41, 5.74) is 2.00. The molecule has 1 atom stereocenters. The minimum atomic E-state index is -0.0112. The molecule has 2 rings (SSSR count). The number of quaternary nitrogens is 1. The van der Waals surface area contributed by atoms with Gasteiger partial charge in [0.2, 0.25) is 0 Å². The van der Waals surface area contributed by atoms with Crippen LogP contribution in [-0.4, -0.2) is 19.6 Å². The molecular formula is C17H21N2O2+. The van der Waals surface area contributed by atoms with Gasteiger partial charge < -0.3 is 15.4 Å². The molecule has 4 nitrogen and oxygen atoms in total. The predicted molar refractivity (Wildman–Crippen MR) is 83.3 cm³/mol. The molecule has 0 fully saturated rings. The van der Waals surface area contributed by atoms with Gasteiger partial charge in [0, 0.05) is 11.3 Å². The fourth-order valence-corrected chi connectivity index (χ4v) is 2.06. The maximum Gasteiger partial charge on any atom is 0.279 e. The number of nitrogens with two attached hydrogens (primary N) is 1. The number of anilines is 1. The summed E-state index contributed by atoms with van der Waals surface area (Å²) in [6.45, 7) is 2.48. The normalized spacial score (nSPS) is 11.7. The van der Waals surface area contributed by atoms with Crippen molar-refractivity contribution in [2.45, 2.75) is 13.0 Å². The highest BCUT2D eigenvalue weighted by Gasteiger charge is 2.11. The third-order valence-electron chi connectivity index (χ3n) is 3.36. The molecule has 0 unspecified atom stereocenters. The number of ether oxygens (including phenoxy) is 1. The van der Waals surface area contributed by atoms with Crippen LogP contribution in [0.2, 0.25) is 0 Å². The predicted octanol–water partition coefficient (Wildman–Crippen LogP) is 1.96. The summed E-state index contributed by atoms with van der Waals surface area (Å²) >= 11 is 0. The van der Waals surface area contributed by atoms with Gasteiger partial charge in [-0.3, -0.25) is 4.79 Å². The molecule has 4 heteroatoms. The van der Waals surface area contributed by atoms with Crippen LogP contribution in [0.5, 0.6) is 5.75 Å². The first-order valence-corrected chi connectivity index (χ1v) is 7.01. The molecule has 3 N–H and O–H groups in total. The van der Waals surface area contributed by atoms with E-state index in [1.165, 1.54) is 5.56 Å². The van der Waals surface area contributed by atoms with Crippen LogP contribution in [0.3, 0.4) is 0 Å². The zero-order chi connectivity index (χ0) is 15.1. The van der Waals surface area contributed by atoms with Gasteiger partial charge in [-0.15, -0.1) is 0 Å². The third-order valence-corrected chi connectivity index (χ3v) is 3.36. The van der Waals surface area contributed by atoms with Crippen molar-refractivity contribution in [1.82, 2.24) is 0 Å². The maximum atomic E-state index is 11.9. The van der Waals surface area contributed by atoms with Gasteiger partial charge in [0.05, 0.1) is 7.11 Å². The number of carbonyl (C=O) groups is 1. The third kappa shape index (κ3) is 4.61. The first-order valence-electron chi connectivity index (χ1n) is 7.01. The van der Waals surface area contributed by atoms with Crippen LogP contribution < -0.4 is 15.4 Å². The Hall–Kier alpha value is -2.33. The molecule has 0 aromatic heterocycles. The molecule has 0 heterocycles. The maximum absolute atomic E-state index is 11.9. The lowest BCUT2D eigenvalue weighted by molar-refractivity contribution is -0.682. The Morgan fingerprint density at radius 3 is 2.43 bits per heavy atom. The zero-order valence-corrected chi connectivity index (χ0v) is 12.4. The summed E-state index contributed by atoms with van der Waals surface area (Å²) in [4.78, 5) is 11.9. The summed E-state index contributed by atoms with van der Waals surface area (Å²) in [5, 5.41) is 4.90. The summed E-state index contributed by atoms with van der Waals surface area (Å²) in [7, 11) is 1.62. The first-order chi connectivity index (χ1) is 10.2. The van der Waals surface area contributed by atoms with Crippen LogP contribution >= 0.6 is 0 Å². The van der Waals surface area contributed by atoms with E-state index in [0.29, 0.717) is 6.54 Å². The summed E-state index contributed by atoms with van der Waals surface area (Å²) < 4.78 is 5.08. The Morgan fingerprint density at radius 2 is 1.81 bits per heavy atom. The van der Waals surface area contributed by atoms with Crippen molar-refractivity contribution in [3.63, 3.8) is 0 Å². The van der Waals surface area contributed by atoms with E-state index in [0.717, 1.165) is 11.4 Å². The zero-order valence-electron chi connectivity index (χ0n) is 12.4. The van der Waals surface area contributed by atoms with E-state index in [-0.39, 0.29) is 11.9 Å². The highest BCUT2D eigenvalue weighted by molar-refractivity contribution is 5.91. The van der Waals surface area contributed by atoms with E-state index in [1.807, 2.05) is 47.8 Å². The Labute approximate surface area is 125 Å². The number of carbonyl (C=O) groups excluding carboxylic acids is 1. The highest BCUT2D eigenvalue weighted by atomic mass is 16.5. The second-order valence-electron chi connectivity index (χ2n) is 4.92. The molecule has 2 aromatic carbocycles. The van der Waals surface area contributed by atoms with Crippen LogP contribution in [0.25, 0.3) is 0 Å². The molecule has 0 aliphatic carbocycles. The van der Waals surface area contributed by atoms with E-state index in [9.17, 15) is 4.79 Å². The average molecular weight is 285 g/mol. The van der Waals surface area contributed by atoms with Crippen molar-refractivity contribution in [1.29, 1.82) is 0 Å². The Bertz CT molecular complexity index is 567. The molecule has 0 saturated carbocycles. The fourth-order valence-electron chi connectivity index (χ4n) is 2.06. The van der Waals surface area contributed by atoms with Crippen LogP contribution in [0, 0.1) is 0 Å². The van der Waals surface area contributed by atoms with E-state index < -0.39 is 0 Å². The van der Waals surface area contributed by atoms with E-state index in [2.05, 4.69) is 24.4 Å². The lowest BCUT2D eigenvalue weighted by Gasteiger charge is -2.11. The monoisotopic (exact) mass is 285 g/mol. The van der Waals surface area contributed by atoms with Gasteiger partial charge in [-0.2, -0.15) is 0 Å². The molecule has 0 aliphatic heterocycles. The largest absolute Gasteiger partial charge is 0.497 e. The average Bonchev–Trinajstić information content (AvgIpc) is 2.54. The molecule has 0 bridgehead atoms. The van der Waals surface area contributed by atoms with E-state index >= 15 is 0 Å². The van der Waals surface area contributed by atoms with Crippen molar-refractivity contribution in [2.24, 2.45) is 0 Å². The second-order valence-corrected chi connectivity index (χ2v) is 4.92. The summed E-state index contributed by atoms with van der Waals surface area (Å²) in [6.07, 6.45) is 0. The lowest BCUT2D eigenvalue weighted by atomic mass is 10.1. The van der Waals surface area contributed by atoms with Crippen molar-refractivity contribution in [3.05, 3.63) is 60.2 Å². The minimum Gasteiger partial charge on any atom is -0.497 e. The Kier molecular flexibility index (Phi) is 5.35. The summed E-state index contributed by atoms with van der Waals surface area (Å²) in [5.74, 6) is 0.764. The van der Waals surface area contributed by atoms with Crippen molar-refractivity contribution in [3.8, 4) is 5.75 Å². The lowest BCUT2D eigenvalue weighted by Crippen LogP contribution is -2.86. The Balaban J connectivity index is 1.81. The van der Waals surface area contributed by atoms with Gasteiger partial charge in [0.15, 0.2) is 6.54 Å². The minimum absolute atomic E-state index is 0.0112. The fraction of sp³-hybridized carbons (Fsp3) is 0.235. The van der Waals surface area contributed by atoms with E-state index in [1.54, 1.807) is 7.11 Å². The summed E-state index contributed by atoms with van der Waals surface area (Å²) in [6, 6.07) is 17.7. The topological polar surface area (TPSA) is 54.9 Å². The van der Waals surface area contributed by atoms with Crippen LogP contribution in [0.15, 0.2) is 54.6 Å². The number of hydrogen-bond donors (Lipinski definition) is 2. The molecule has 0 saturated heterocycles. The van der Waals surface area contributed by atoms with Gasteiger partial charge >= 0.3 is 0 Å². The molecule has 110 valence electrons. The van der Waals surface area contributed by atoms with Crippen molar-refractivity contribution >= 4 is 11.6 Å². The molecular weight excluding hydrogens is 264 g/mol. The van der Waals surface area contributed by atoms with Crippen LogP contribution in [-0.2, 0) is 4.79 Å². The molecule has 1 amide bonds. The van der Waals surface area contributed by atoms with Gasteiger partial charge in [0.25, 0.3) is 5.91 Å². The number of nitrogens with one attached hydrogen (secondary N) is 1. The van der Waals surface area contributed by atoms with Crippen LogP contribution in [0.1, 0.15) is 18.5 Å². The number of rotatable bonds is 6. The standard InChI is InChI=1S/C17H20N2O2/c1-13(14-6-4-3-5-7-14)18-12-17(20)19-15-8-10-16(21-2)11-9-15/h3-11,13,18H,12H2,1-2H3,(H,19,20)/p+1/t13-/m0/s1. The van der Waals surface area contributed by atoms with Gasteiger partial charge in [-0.05, 0) is 31.2 Å². The molecule has 0 radical (unpaired) electrons. The molecule has 0 spiro atoms. The van der Waals surface area contributed by atoms with Crippen LogP contribution in [0.4, 0.5) is 5.69 Å². The SMILES string of the molecule is COc1ccc(NC(=O)C[NH2+][C@@H](C)c2ccccc2)cc1. The Morgan fingerprint density at radius 1 is 1.14 bits per heavy atom. The number of hydrogen-bond acceptors (Lipinski definition) is 2. The quantitative estimate of drug-likeness (QED) is 0.852. The molecule has 0 aliphatic rings.